The second-order valence-electron chi connectivity index (χ2n) is 2.21. The number of hydrogen-bond acceptors (Lipinski definition) is 4. The molecule has 0 saturated carbocycles. The molecule has 0 amide bonds. The van der Waals surface area contributed by atoms with E-state index in [9.17, 15) is 0 Å². The van der Waals surface area contributed by atoms with Crippen molar-refractivity contribution in [2.75, 3.05) is 0 Å². The number of ether oxygens (including phenoxy) is 1. The molecule has 1 unspecified atom stereocenters. The summed E-state index contributed by atoms with van der Waals surface area (Å²) in [6.07, 6.45) is -2.90. The third-order valence-electron chi connectivity index (χ3n) is 1.51. The maximum absolute atomic E-state index is 9.02. The molecule has 1 saturated heterocycles. The van der Waals surface area contributed by atoms with Gasteiger partial charge in [0.2, 0.25) is 0 Å². The Morgan fingerprint density at radius 2 is 1.80 bits per heavy atom. The third kappa shape index (κ3) is 1.06. The van der Waals surface area contributed by atoms with Crippen LogP contribution >= 0.6 is 0 Å². The molecule has 0 aliphatic carbocycles. The summed E-state index contributed by atoms with van der Waals surface area (Å²) in [5, 5.41) is 26.7. The summed E-state index contributed by atoms with van der Waals surface area (Å²) in [4.78, 5) is 0. The highest BCUT2D eigenvalue weighted by molar-refractivity contribution is 4.95. The van der Waals surface area contributed by atoms with Gasteiger partial charge in [-0.05, 0) is 0 Å². The lowest BCUT2D eigenvalue weighted by Gasteiger charge is -2.08. The van der Waals surface area contributed by atoms with Gasteiger partial charge < -0.3 is 20.1 Å². The number of hydrogen-bond donors (Lipinski definition) is 3. The second kappa shape index (κ2) is 2.67. The topological polar surface area (TPSA) is 69.9 Å². The summed E-state index contributed by atoms with van der Waals surface area (Å²) in [6.45, 7) is 3.35. The van der Waals surface area contributed by atoms with Crippen molar-refractivity contribution < 1.29 is 20.1 Å². The molecule has 0 aromatic rings. The van der Waals surface area contributed by atoms with E-state index < -0.39 is 24.6 Å². The van der Waals surface area contributed by atoms with Crippen LogP contribution in [0.15, 0.2) is 12.7 Å². The van der Waals surface area contributed by atoms with Gasteiger partial charge >= 0.3 is 0 Å². The molecule has 0 radical (unpaired) electrons. The highest BCUT2D eigenvalue weighted by atomic mass is 16.6. The molecule has 1 heterocycles. The first-order chi connectivity index (χ1) is 4.66. The zero-order valence-corrected chi connectivity index (χ0v) is 5.34. The Hall–Kier alpha value is -0.420. The van der Waals surface area contributed by atoms with Gasteiger partial charge in [0.15, 0.2) is 6.29 Å². The van der Waals surface area contributed by atoms with Gasteiger partial charge in [0.05, 0.1) is 0 Å². The lowest BCUT2D eigenvalue weighted by molar-refractivity contribution is -0.120. The van der Waals surface area contributed by atoms with Crippen molar-refractivity contribution >= 4 is 0 Å². The molecule has 0 aromatic heterocycles. The van der Waals surface area contributed by atoms with Crippen molar-refractivity contribution in [2.45, 2.75) is 24.6 Å². The van der Waals surface area contributed by atoms with Gasteiger partial charge in [0.25, 0.3) is 0 Å². The summed E-state index contributed by atoms with van der Waals surface area (Å²) >= 11 is 0. The molecule has 0 bridgehead atoms. The Balaban J connectivity index is 2.61. The molecular formula is C6H10O4. The van der Waals surface area contributed by atoms with Crippen LogP contribution in [0.3, 0.4) is 0 Å². The lowest BCUT2D eigenvalue weighted by atomic mass is 10.1. The van der Waals surface area contributed by atoms with Crippen LogP contribution in [0.2, 0.25) is 0 Å². The van der Waals surface area contributed by atoms with Crippen LogP contribution in [-0.2, 0) is 4.74 Å². The van der Waals surface area contributed by atoms with Crippen molar-refractivity contribution in [3.8, 4) is 0 Å². The first-order valence-electron chi connectivity index (χ1n) is 2.99. The van der Waals surface area contributed by atoms with E-state index in [2.05, 4.69) is 11.3 Å². The minimum Gasteiger partial charge on any atom is -0.387 e. The smallest absolute Gasteiger partial charge is 0.184 e. The lowest BCUT2D eigenvalue weighted by Crippen LogP contribution is -2.31. The SMILES string of the molecule is C=C[C@H]1OC(O)[C@H](O)[C@H]1O. The first-order valence-corrected chi connectivity index (χ1v) is 2.99. The standard InChI is InChI=1S/C6H10O4/c1-2-3-4(7)5(8)6(9)10-3/h2-9H,1H2/t3-,4+,5-,6?/m1/s1. The van der Waals surface area contributed by atoms with Crippen molar-refractivity contribution in [3.05, 3.63) is 12.7 Å². The fraction of sp³-hybridized carbons (Fsp3) is 0.667. The van der Waals surface area contributed by atoms with Gasteiger partial charge in [-0.25, -0.2) is 0 Å². The molecule has 1 aliphatic heterocycles. The highest BCUT2D eigenvalue weighted by Crippen LogP contribution is 2.19. The normalized spacial score (nSPS) is 47.5. The van der Waals surface area contributed by atoms with E-state index in [1.807, 2.05) is 0 Å². The molecule has 3 N–H and O–H groups in total. The summed E-state index contributed by atoms with van der Waals surface area (Å²) in [6, 6.07) is 0. The minimum absolute atomic E-state index is 0.662. The van der Waals surface area contributed by atoms with Crippen LogP contribution in [0.25, 0.3) is 0 Å². The van der Waals surface area contributed by atoms with Crippen LogP contribution in [0.5, 0.6) is 0 Å². The van der Waals surface area contributed by atoms with Crippen LogP contribution < -0.4 is 0 Å². The van der Waals surface area contributed by atoms with Crippen molar-refractivity contribution in [1.82, 2.24) is 0 Å². The predicted molar refractivity (Wildman–Crippen MR) is 33.1 cm³/mol. The largest absolute Gasteiger partial charge is 0.387 e. The van der Waals surface area contributed by atoms with Gasteiger partial charge in [0.1, 0.15) is 18.3 Å². The quantitative estimate of drug-likeness (QED) is 0.398. The maximum Gasteiger partial charge on any atom is 0.184 e. The summed E-state index contributed by atoms with van der Waals surface area (Å²) in [5.41, 5.74) is 0. The fourth-order valence-electron chi connectivity index (χ4n) is 0.880. The van der Waals surface area contributed by atoms with Crippen molar-refractivity contribution in [2.24, 2.45) is 0 Å². The van der Waals surface area contributed by atoms with Gasteiger partial charge in [0, 0.05) is 0 Å². The Labute approximate surface area is 58.4 Å². The van der Waals surface area contributed by atoms with Gasteiger partial charge in [-0.1, -0.05) is 6.08 Å². The molecule has 4 heteroatoms. The first kappa shape index (κ1) is 7.68. The molecule has 0 aromatic carbocycles. The molecule has 1 fully saturated rings. The zero-order chi connectivity index (χ0) is 7.72. The monoisotopic (exact) mass is 146 g/mol. The maximum atomic E-state index is 9.02. The Morgan fingerprint density at radius 1 is 1.20 bits per heavy atom. The van der Waals surface area contributed by atoms with E-state index in [-0.39, 0.29) is 0 Å². The van der Waals surface area contributed by atoms with E-state index in [4.69, 9.17) is 15.3 Å². The average Bonchev–Trinajstić information content (AvgIpc) is 2.17. The Kier molecular flexibility index (Phi) is 2.05. The van der Waals surface area contributed by atoms with E-state index in [1.54, 1.807) is 0 Å². The summed E-state index contributed by atoms with van der Waals surface area (Å²) in [7, 11) is 0. The van der Waals surface area contributed by atoms with Gasteiger partial charge in [-0.15, -0.1) is 6.58 Å². The van der Waals surface area contributed by atoms with Crippen molar-refractivity contribution in [3.63, 3.8) is 0 Å². The summed E-state index contributed by atoms with van der Waals surface area (Å²) in [5.74, 6) is 0. The zero-order valence-electron chi connectivity index (χ0n) is 5.34. The number of aliphatic hydroxyl groups excluding tert-OH is 3. The Bertz CT molecular complexity index is 136. The van der Waals surface area contributed by atoms with Crippen molar-refractivity contribution in [1.29, 1.82) is 0 Å². The summed E-state index contributed by atoms with van der Waals surface area (Å²) < 4.78 is 4.67. The number of aliphatic hydroxyl groups is 3. The van der Waals surface area contributed by atoms with E-state index in [0.29, 0.717) is 0 Å². The molecule has 1 rings (SSSR count). The molecular weight excluding hydrogens is 136 g/mol. The van der Waals surface area contributed by atoms with Gasteiger partial charge in [-0.2, -0.15) is 0 Å². The van der Waals surface area contributed by atoms with Crippen LogP contribution in [0, 0.1) is 0 Å². The van der Waals surface area contributed by atoms with Crippen LogP contribution in [0.4, 0.5) is 0 Å². The van der Waals surface area contributed by atoms with E-state index in [1.165, 1.54) is 6.08 Å². The highest BCUT2D eigenvalue weighted by Gasteiger charge is 2.39. The Morgan fingerprint density at radius 3 is 2.00 bits per heavy atom. The fourth-order valence-corrected chi connectivity index (χ4v) is 0.880. The van der Waals surface area contributed by atoms with Gasteiger partial charge in [-0.3, -0.25) is 0 Å². The van der Waals surface area contributed by atoms with Crippen LogP contribution in [-0.4, -0.2) is 39.9 Å². The second-order valence-corrected chi connectivity index (χ2v) is 2.21. The number of rotatable bonds is 1. The van der Waals surface area contributed by atoms with E-state index in [0.717, 1.165) is 0 Å². The van der Waals surface area contributed by atoms with E-state index >= 15 is 0 Å². The molecule has 1 aliphatic rings. The molecule has 58 valence electrons. The average molecular weight is 146 g/mol. The third-order valence-corrected chi connectivity index (χ3v) is 1.51. The molecule has 4 atom stereocenters. The molecule has 10 heavy (non-hydrogen) atoms. The molecule has 4 nitrogen and oxygen atoms in total. The van der Waals surface area contributed by atoms with Crippen LogP contribution in [0.1, 0.15) is 0 Å². The minimum atomic E-state index is -1.29. The molecule has 0 spiro atoms. The predicted octanol–water partition coefficient (Wildman–Crippen LogP) is -1.39.